The number of rotatable bonds is 5. The minimum Gasteiger partial charge on any atom is -0.376 e. The molecule has 0 saturated heterocycles. The number of nitrogens with zero attached hydrogens (tertiary/aromatic N) is 1. The average molecular weight is 336 g/mol. The van der Waals surface area contributed by atoms with Gasteiger partial charge in [-0.05, 0) is 67.9 Å². The van der Waals surface area contributed by atoms with Gasteiger partial charge in [-0.3, -0.25) is 4.98 Å². The Morgan fingerprint density at radius 3 is 2.39 bits per heavy atom. The van der Waals surface area contributed by atoms with E-state index in [9.17, 15) is 8.42 Å². The predicted octanol–water partition coefficient (Wildman–Crippen LogP) is 2.20. The summed E-state index contributed by atoms with van der Waals surface area (Å²) < 4.78 is 33.8. The summed E-state index contributed by atoms with van der Waals surface area (Å²) in [5, 5.41) is 0. The molecule has 1 aromatic rings. The Morgan fingerprint density at radius 1 is 1.22 bits per heavy atom. The summed E-state index contributed by atoms with van der Waals surface area (Å²) in [6.45, 7) is 0.371. The molecule has 126 valence electrons. The molecule has 0 spiro atoms. The van der Waals surface area contributed by atoms with Crippen LogP contribution in [0.15, 0.2) is 29.4 Å². The van der Waals surface area contributed by atoms with E-state index >= 15 is 0 Å². The van der Waals surface area contributed by atoms with Gasteiger partial charge in [0.15, 0.2) is 0 Å². The summed E-state index contributed by atoms with van der Waals surface area (Å²) in [6, 6.07) is 3.22. The molecule has 0 aromatic carbocycles. The van der Waals surface area contributed by atoms with E-state index in [4.69, 9.17) is 4.74 Å². The van der Waals surface area contributed by atoms with Crippen molar-refractivity contribution in [1.82, 2.24) is 9.71 Å². The van der Waals surface area contributed by atoms with Crippen molar-refractivity contribution in [3.63, 3.8) is 0 Å². The molecule has 23 heavy (non-hydrogen) atoms. The molecular weight excluding hydrogens is 312 g/mol. The Bertz CT molecular complexity index is 646. The van der Waals surface area contributed by atoms with Crippen LogP contribution in [0.1, 0.15) is 32.1 Å². The monoisotopic (exact) mass is 336 g/mol. The van der Waals surface area contributed by atoms with Crippen molar-refractivity contribution in [1.29, 1.82) is 0 Å². The molecule has 0 atom stereocenters. The van der Waals surface area contributed by atoms with Crippen molar-refractivity contribution in [2.75, 3.05) is 13.7 Å². The fraction of sp³-hybridized carbons (Fsp3) is 0.706. The van der Waals surface area contributed by atoms with Crippen LogP contribution in [0.2, 0.25) is 0 Å². The molecule has 1 aromatic heterocycles. The summed E-state index contributed by atoms with van der Waals surface area (Å²) in [5.74, 6) is 2.63. The van der Waals surface area contributed by atoms with Crippen LogP contribution >= 0.6 is 0 Å². The van der Waals surface area contributed by atoms with Crippen LogP contribution < -0.4 is 4.72 Å². The molecule has 5 rings (SSSR count). The van der Waals surface area contributed by atoms with Crippen LogP contribution in [0, 0.1) is 23.7 Å². The van der Waals surface area contributed by atoms with Gasteiger partial charge in [-0.1, -0.05) is 0 Å². The van der Waals surface area contributed by atoms with Gasteiger partial charge < -0.3 is 4.74 Å². The van der Waals surface area contributed by atoms with Gasteiger partial charge >= 0.3 is 0 Å². The van der Waals surface area contributed by atoms with E-state index in [-0.39, 0.29) is 10.5 Å². The lowest BCUT2D eigenvalue weighted by atomic mass is 9.50. The fourth-order valence-electron chi connectivity index (χ4n) is 5.47. The number of pyridine rings is 1. The Morgan fingerprint density at radius 2 is 1.87 bits per heavy atom. The summed E-state index contributed by atoms with van der Waals surface area (Å²) >= 11 is 0. The van der Waals surface area contributed by atoms with E-state index in [0.29, 0.717) is 18.4 Å². The zero-order valence-electron chi connectivity index (χ0n) is 13.4. The van der Waals surface area contributed by atoms with Crippen molar-refractivity contribution in [3.8, 4) is 0 Å². The Kier molecular flexibility index (Phi) is 3.74. The normalized spacial score (nSPS) is 38.8. The summed E-state index contributed by atoms with van der Waals surface area (Å²) in [4.78, 5) is 4.12. The largest absolute Gasteiger partial charge is 0.376 e. The average Bonchev–Trinajstić information content (AvgIpc) is 2.55. The molecule has 1 heterocycles. The van der Waals surface area contributed by atoms with Gasteiger partial charge in [0, 0.05) is 26.0 Å². The van der Waals surface area contributed by atoms with E-state index in [2.05, 4.69) is 9.71 Å². The van der Waals surface area contributed by atoms with Gasteiger partial charge in [-0.15, -0.1) is 0 Å². The molecule has 4 fully saturated rings. The topological polar surface area (TPSA) is 68.3 Å². The molecule has 0 aliphatic heterocycles. The van der Waals surface area contributed by atoms with E-state index < -0.39 is 10.0 Å². The molecule has 1 N–H and O–H groups in total. The second-order valence-corrected chi connectivity index (χ2v) is 9.24. The summed E-state index contributed by atoms with van der Waals surface area (Å²) in [7, 11) is -1.78. The van der Waals surface area contributed by atoms with Crippen LogP contribution in [0.3, 0.4) is 0 Å². The Labute approximate surface area is 137 Å². The first kappa shape index (κ1) is 15.5. The van der Waals surface area contributed by atoms with Crippen LogP contribution in [0.25, 0.3) is 0 Å². The number of hydrogen-bond donors (Lipinski definition) is 1. The highest BCUT2D eigenvalue weighted by Gasteiger charge is 2.57. The maximum atomic E-state index is 12.5. The van der Waals surface area contributed by atoms with E-state index in [1.807, 2.05) is 0 Å². The molecule has 4 saturated carbocycles. The van der Waals surface area contributed by atoms with Gasteiger partial charge in [-0.25, -0.2) is 13.1 Å². The quantitative estimate of drug-likeness (QED) is 0.895. The smallest absolute Gasteiger partial charge is 0.242 e. The fourth-order valence-corrected chi connectivity index (χ4v) is 6.51. The van der Waals surface area contributed by atoms with Gasteiger partial charge in [0.25, 0.3) is 0 Å². The van der Waals surface area contributed by atoms with Crippen molar-refractivity contribution in [2.45, 2.75) is 42.6 Å². The van der Waals surface area contributed by atoms with Crippen molar-refractivity contribution in [3.05, 3.63) is 24.5 Å². The third kappa shape index (κ3) is 2.51. The first-order valence-corrected chi connectivity index (χ1v) is 9.96. The second kappa shape index (κ2) is 5.53. The molecular formula is C17H24N2O3S. The highest BCUT2D eigenvalue weighted by molar-refractivity contribution is 7.89. The third-order valence-electron chi connectivity index (χ3n) is 6.38. The van der Waals surface area contributed by atoms with Crippen LogP contribution in [0.5, 0.6) is 0 Å². The molecule has 4 aliphatic carbocycles. The molecule has 5 nitrogen and oxygen atoms in total. The summed E-state index contributed by atoms with van der Waals surface area (Å²) in [5.41, 5.74) is -0.331. The minimum atomic E-state index is -3.53. The number of aromatic nitrogens is 1. The number of nitrogens with one attached hydrogen (secondary N) is 1. The Balaban J connectivity index is 1.55. The van der Waals surface area contributed by atoms with Crippen LogP contribution in [0.4, 0.5) is 0 Å². The Hall–Kier alpha value is -0.980. The van der Waals surface area contributed by atoms with Crippen LogP contribution in [-0.4, -0.2) is 32.7 Å². The van der Waals surface area contributed by atoms with E-state index in [1.54, 1.807) is 25.4 Å². The minimum absolute atomic E-state index is 0.218. The zero-order valence-corrected chi connectivity index (χ0v) is 14.3. The van der Waals surface area contributed by atoms with Crippen molar-refractivity contribution < 1.29 is 13.2 Å². The SMILES string of the molecule is COC1(CNS(=O)(=O)c2cccnc2)C2CC3CC(C2)CC1C3. The maximum Gasteiger partial charge on any atom is 0.242 e. The molecule has 0 amide bonds. The van der Waals surface area contributed by atoms with E-state index in [0.717, 1.165) is 11.8 Å². The first-order chi connectivity index (χ1) is 11.0. The highest BCUT2D eigenvalue weighted by atomic mass is 32.2. The predicted molar refractivity (Wildman–Crippen MR) is 86.2 cm³/mol. The molecule has 0 unspecified atom stereocenters. The number of ether oxygens (including phenoxy) is 1. The lowest BCUT2D eigenvalue weighted by Crippen LogP contribution is -2.63. The lowest BCUT2D eigenvalue weighted by molar-refractivity contribution is -0.185. The molecule has 4 aliphatic rings. The highest BCUT2D eigenvalue weighted by Crippen LogP contribution is 2.59. The molecule has 4 bridgehead atoms. The zero-order chi connectivity index (χ0) is 16.1. The van der Waals surface area contributed by atoms with Crippen molar-refractivity contribution >= 4 is 10.0 Å². The van der Waals surface area contributed by atoms with Gasteiger partial charge in [-0.2, -0.15) is 0 Å². The van der Waals surface area contributed by atoms with Crippen LogP contribution in [-0.2, 0) is 14.8 Å². The number of hydrogen-bond acceptors (Lipinski definition) is 4. The van der Waals surface area contributed by atoms with Crippen molar-refractivity contribution in [2.24, 2.45) is 23.7 Å². The maximum absolute atomic E-state index is 12.5. The lowest BCUT2D eigenvalue weighted by Gasteiger charge is -2.60. The molecule has 6 heteroatoms. The van der Waals surface area contributed by atoms with Gasteiger partial charge in [0.05, 0.1) is 5.60 Å². The third-order valence-corrected chi connectivity index (χ3v) is 7.77. The second-order valence-electron chi connectivity index (χ2n) is 7.48. The summed E-state index contributed by atoms with van der Waals surface area (Å²) in [6.07, 6.45) is 9.09. The van der Waals surface area contributed by atoms with E-state index in [1.165, 1.54) is 38.3 Å². The molecule has 0 radical (unpaired) electrons. The number of sulfonamides is 1. The van der Waals surface area contributed by atoms with Gasteiger partial charge in [0.1, 0.15) is 4.90 Å². The standard InChI is InChI=1S/C17H24N2O3S/c1-22-17(11-19-23(20,21)16-3-2-4-18-10-16)14-6-12-5-13(8-14)9-15(17)7-12/h2-4,10,12-15,19H,5-9,11H2,1H3. The number of methoxy groups -OCH3 is 1. The van der Waals surface area contributed by atoms with Gasteiger partial charge in [0.2, 0.25) is 10.0 Å². The first-order valence-electron chi connectivity index (χ1n) is 8.48.